The molecular formula is C19H29N3O3S. The van der Waals surface area contributed by atoms with Crippen LogP contribution in [0.5, 0.6) is 0 Å². The Morgan fingerprint density at radius 1 is 1.12 bits per heavy atom. The fraction of sp³-hybridized carbons (Fsp3) is 0.632. The highest BCUT2D eigenvalue weighted by Gasteiger charge is 2.30. The number of benzene rings is 1. The number of hydrogen-bond donors (Lipinski definition) is 1. The number of rotatable bonds is 6. The molecule has 1 atom stereocenters. The van der Waals surface area contributed by atoms with Gasteiger partial charge in [-0.25, -0.2) is 12.7 Å². The van der Waals surface area contributed by atoms with E-state index in [9.17, 15) is 13.2 Å². The summed E-state index contributed by atoms with van der Waals surface area (Å²) in [5, 5.41) is 3.13. The molecule has 2 heterocycles. The Balaban J connectivity index is 1.56. The third kappa shape index (κ3) is 4.84. The molecule has 0 aliphatic carbocycles. The van der Waals surface area contributed by atoms with Crippen molar-refractivity contribution in [2.45, 2.75) is 31.7 Å². The monoisotopic (exact) mass is 379 g/mol. The average molecular weight is 380 g/mol. The Kier molecular flexibility index (Phi) is 6.32. The van der Waals surface area contributed by atoms with E-state index < -0.39 is 10.0 Å². The fourth-order valence-corrected chi connectivity index (χ4v) is 4.85. The molecule has 0 spiro atoms. The van der Waals surface area contributed by atoms with Gasteiger partial charge in [-0.15, -0.1) is 0 Å². The molecule has 144 valence electrons. The van der Waals surface area contributed by atoms with E-state index in [1.54, 1.807) is 0 Å². The lowest BCUT2D eigenvalue weighted by Gasteiger charge is -2.31. The van der Waals surface area contributed by atoms with Crippen molar-refractivity contribution in [3.05, 3.63) is 35.9 Å². The highest BCUT2D eigenvalue weighted by atomic mass is 32.2. The number of hydrogen-bond acceptors (Lipinski definition) is 4. The van der Waals surface area contributed by atoms with Gasteiger partial charge in [0.2, 0.25) is 15.9 Å². The summed E-state index contributed by atoms with van der Waals surface area (Å²) in [4.78, 5) is 15.1. The molecule has 2 fully saturated rings. The van der Waals surface area contributed by atoms with E-state index in [-0.39, 0.29) is 17.9 Å². The van der Waals surface area contributed by atoms with Crippen LogP contribution in [0.3, 0.4) is 0 Å². The lowest BCUT2D eigenvalue weighted by atomic mass is 9.97. The molecule has 0 bridgehead atoms. The van der Waals surface area contributed by atoms with Gasteiger partial charge < -0.3 is 5.32 Å². The molecule has 26 heavy (non-hydrogen) atoms. The van der Waals surface area contributed by atoms with E-state index in [1.165, 1.54) is 29.0 Å². The lowest BCUT2D eigenvalue weighted by molar-refractivity contribution is -0.126. The number of carbonyl (C=O) groups excluding carboxylic acids is 1. The molecule has 1 aromatic carbocycles. The van der Waals surface area contributed by atoms with Crippen molar-refractivity contribution in [1.82, 2.24) is 14.5 Å². The van der Waals surface area contributed by atoms with Gasteiger partial charge in [0.25, 0.3) is 0 Å². The Bertz CT molecular complexity index is 694. The zero-order valence-corrected chi connectivity index (χ0v) is 16.2. The predicted molar refractivity (Wildman–Crippen MR) is 102 cm³/mol. The van der Waals surface area contributed by atoms with Crippen LogP contribution in [0.4, 0.5) is 0 Å². The largest absolute Gasteiger partial charge is 0.354 e. The second-order valence-corrected chi connectivity index (χ2v) is 9.33. The van der Waals surface area contributed by atoms with Gasteiger partial charge in [-0.1, -0.05) is 30.3 Å². The maximum absolute atomic E-state index is 12.6. The number of amides is 1. The number of sulfonamides is 1. The number of piperidine rings is 1. The van der Waals surface area contributed by atoms with Gasteiger partial charge in [-0.2, -0.15) is 0 Å². The zero-order valence-electron chi connectivity index (χ0n) is 15.4. The third-order valence-corrected chi connectivity index (χ3v) is 6.83. The SMILES string of the molecule is CS(=O)(=O)N1CCC(C(=O)NCC(c2ccccc2)N2CCCC2)CC1. The van der Waals surface area contributed by atoms with E-state index in [0.717, 1.165) is 13.1 Å². The smallest absolute Gasteiger partial charge is 0.223 e. The number of nitrogens with one attached hydrogen (secondary N) is 1. The van der Waals surface area contributed by atoms with Crippen LogP contribution in [0, 0.1) is 5.92 Å². The fourth-order valence-electron chi connectivity index (χ4n) is 3.98. The van der Waals surface area contributed by atoms with E-state index in [4.69, 9.17) is 0 Å². The summed E-state index contributed by atoms with van der Waals surface area (Å²) >= 11 is 0. The van der Waals surface area contributed by atoms with Gasteiger partial charge in [0.05, 0.1) is 12.3 Å². The molecule has 2 aliphatic heterocycles. The highest BCUT2D eigenvalue weighted by molar-refractivity contribution is 7.88. The number of nitrogens with zero attached hydrogens (tertiary/aromatic N) is 2. The van der Waals surface area contributed by atoms with Gasteiger partial charge in [0, 0.05) is 25.6 Å². The normalized spacial score (nSPS) is 21.6. The van der Waals surface area contributed by atoms with Gasteiger partial charge in [0.15, 0.2) is 0 Å². The van der Waals surface area contributed by atoms with Crippen molar-refractivity contribution in [2.75, 3.05) is 39.0 Å². The van der Waals surface area contributed by atoms with Crippen molar-refractivity contribution in [1.29, 1.82) is 0 Å². The minimum absolute atomic E-state index is 0.0540. The Labute approximate surface area is 156 Å². The molecule has 0 radical (unpaired) electrons. The maximum Gasteiger partial charge on any atom is 0.223 e. The number of carbonyl (C=O) groups is 1. The highest BCUT2D eigenvalue weighted by Crippen LogP contribution is 2.25. The van der Waals surface area contributed by atoms with E-state index in [1.807, 2.05) is 18.2 Å². The second kappa shape index (κ2) is 8.50. The van der Waals surface area contributed by atoms with E-state index >= 15 is 0 Å². The average Bonchev–Trinajstić information content (AvgIpc) is 3.16. The minimum Gasteiger partial charge on any atom is -0.354 e. The quantitative estimate of drug-likeness (QED) is 0.815. The molecule has 0 aromatic heterocycles. The number of likely N-dealkylation sites (tertiary alicyclic amines) is 1. The molecule has 2 saturated heterocycles. The van der Waals surface area contributed by atoms with E-state index in [2.05, 4.69) is 22.3 Å². The Morgan fingerprint density at radius 3 is 2.31 bits per heavy atom. The molecule has 1 N–H and O–H groups in total. The van der Waals surface area contributed by atoms with Crippen LogP contribution in [-0.4, -0.2) is 62.5 Å². The molecule has 6 nitrogen and oxygen atoms in total. The summed E-state index contributed by atoms with van der Waals surface area (Å²) in [5.74, 6) is -0.0405. The molecule has 2 aliphatic rings. The zero-order chi connectivity index (χ0) is 18.6. The van der Waals surface area contributed by atoms with Crippen LogP contribution < -0.4 is 5.32 Å². The first-order valence-electron chi connectivity index (χ1n) is 9.47. The molecule has 1 aromatic rings. The Hall–Kier alpha value is -1.44. The standard InChI is InChI=1S/C19H29N3O3S/c1-26(24,25)22-13-9-17(10-14-22)19(23)20-15-18(21-11-5-6-12-21)16-7-3-2-4-8-16/h2-4,7-8,17-18H,5-6,9-15H2,1H3,(H,20,23). The Morgan fingerprint density at radius 2 is 1.73 bits per heavy atom. The molecule has 0 saturated carbocycles. The topological polar surface area (TPSA) is 69.7 Å². The van der Waals surface area contributed by atoms with Crippen molar-refractivity contribution in [3.8, 4) is 0 Å². The van der Waals surface area contributed by atoms with Crippen molar-refractivity contribution >= 4 is 15.9 Å². The van der Waals surface area contributed by atoms with Crippen LogP contribution in [0.2, 0.25) is 0 Å². The lowest BCUT2D eigenvalue weighted by Crippen LogP contribution is -2.44. The summed E-state index contributed by atoms with van der Waals surface area (Å²) in [5.41, 5.74) is 1.24. The molecular weight excluding hydrogens is 350 g/mol. The van der Waals surface area contributed by atoms with Crippen molar-refractivity contribution in [2.24, 2.45) is 5.92 Å². The summed E-state index contributed by atoms with van der Waals surface area (Å²) in [6.45, 7) is 3.62. The van der Waals surface area contributed by atoms with Crippen molar-refractivity contribution < 1.29 is 13.2 Å². The summed E-state index contributed by atoms with van der Waals surface area (Å²) in [7, 11) is -3.15. The van der Waals surface area contributed by atoms with Gasteiger partial charge in [0.1, 0.15) is 0 Å². The first kappa shape index (κ1) is 19.3. The molecule has 1 unspecified atom stereocenters. The molecule has 1 amide bonds. The van der Waals surface area contributed by atoms with Crippen LogP contribution in [-0.2, 0) is 14.8 Å². The first-order valence-corrected chi connectivity index (χ1v) is 11.3. The van der Waals surface area contributed by atoms with Gasteiger partial charge in [-0.3, -0.25) is 9.69 Å². The van der Waals surface area contributed by atoms with Crippen LogP contribution in [0.25, 0.3) is 0 Å². The summed E-state index contributed by atoms with van der Waals surface area (Å²) < 4.78 is 24.7. The maximum atomic E-state index is 12.6. The minimum atomic E-state index is -3.15. The third-order valence-electron chi connectivity index (χ3n) is 5.53. The molecule has 3 rings (SSSR count). The van der Waals surface area contributed by atoms with Crippen LogP contribution in [0.1, 0.15) is 37.3 Å². The van der Waals surface area contributed by atoms with Crippen LogP contribution >= 0.6 is 0 Å². The van der Waals surface area contributed by atoms with Gasteiger partial charge >= 0.3 is 0 Å². The van der Waals surface area contributed by atoms with Crippen LogP contribution in [0.15, 0.2) is 30.3 Å². The predicted octanol–water partition coefficient (Wildman–Crippen LogP) is 1.61. The van der Waals surface area contributed by atoms with Crippen molar-refractivity contribution in [3.63, 3.8) is 0 Å². The summed E-state index contributed by atoms with van der Waals surface area (Å²) in [6.07, 6.45) is 4.84. The summed E-state index contributed by atoms with van der Waals surface area (Å²) in [6, 6.07) is 10.6. The van der Waals surface area contributed by atoms with Gasteiger partial charge in [-0.05, 0) is 44.3 Å². The molecule has 7 heteroatoms. The second-order valence-electron chi connectivity index (χ2n) is 7.35. The first-order chi connectivity index (χ1) is 12.4. The van der Waals surface area contributed by atoms with E-state index in [0.29, 0.717) is 32.5 Å².